The molecule has 2 nitrogen and oxygen atoms in total. The molecule has 0 radical (unpaired) electrons. The Morgan fingerprint density at radius 1 is 1.38 bits per heavy atom. The van der Waals surface area contributed by atoms with Crippen molar-refractivity contribution in [1.29, 1.82) is 0 Å². The lowest BCUT2D eigenvalue weighted by molar-refractivity contribution is 0.218. The molecule has 3 heteroatoms. The highest BCUT2D eigenvalue weighted by Gasteiger charge is 2.19. The summed E-state index contributed by atoms with van der Waals surface area (Å²) < 4.78 is 18.8. The van der Waals surface area contributed by atoms with Gasteiger partial charge in [0.15, 0.2) is 0 Å². The van der Waals surface area contributed by atoms with Gasteiger partial charge in [-0.05, 0) is 43.3 Å². The van der Waals surface area contributed by atoms with Crippen molar-refractivity contribution in [1.82, 2.24) is 5.32 Å². The van der Waals surface area contributed by atoms with Crippen LogP contribution in [0.1, 0.15) is 23.6 Å². The Bertz CT molecular complexity index is 394. The van der Waals surface area contributed by atoms with E-state index in [1.807, 2.05) is 20.0 Å². The van der Waals surface area contributed by atoms with Crippen LogP contribution in [0.4, 0.5) is 4.39 Å². The zero-order valence-electron chi connectivity index (χ0n) is 9.59. The quantitative estimate of drug-likeness (QED) is 0.847. The van der Waals surface area contributed by atoms with E-state index >= 15 is 0 Å². The van der Waals surface area contributed by atoms with E-state index in [0.717, 1.165) is 29.9 Å². The predicted molar refractivity (Wildman–Crippen MR) is 61.6 cm³/mol. The number of aryl methyl sites for hydroxylation is 1. The van der Waals surface area contributed by atoms with Gasteiger partial charge in [-0.1, -0.05) is 6.07 Å². The maximum atomic E-state index is 13.3. The van der Waals surface area contributed by atoms with Crippen LogP contribution in [0.15, 0.2) is 30.0 Å². The van der Waals surface area contributed by atoms with Gasteiger partial charge in [-0.25, -0.2) is 4.39 Å². The molecule has 1 atom stereocenters. The first-order valence-electron chi connectivity index (χ1n) is 5.48. The smallest absolute Gasteiger partial charge is 0.123 e. The molecule has 1 unspecified atom stereocenters. The monoisotopic (exact) mass is 221 g/mol. The Morgan fingerprint density at radius 3 is 2.75 bits per heavy atom. The van der Waals surface area contributed by atoms with Crippen molar-refractivity contribution in [3.8, 4) is 0 Å². The second kappa shape index (κ2) is 4.66. The van der Waals surface area contributed by atoms with E-state index in [0.29, 0.717) is 0 Å². The molecule has 1 aromatic rings. The van der Waals surface area contributed by atoms with E-state index in [2.05, 4.69) is 11.4 Å². The molecule has 1 N–H and O–H groups in total. The molecule has 86 valence electrons. The average Bonchev–Trinajstić information content (AvgIpc) is 2.70. The molecule has 0 aromatic heterocycles. The minimum atomic E-state index is -0.200. The molecular weight excluding hydrogens is 205 g/mol. The summed E-state index contributed by atoms with van der Waals surface area (Å²) in [7, 11) is 1.85. The third-order valence-electron chi connectivity index (χ3n) is 2.70. The van der Waals surface area contributed by atoms with Crippen molar-refractivity contribution >= 4 is 0 Å². The largest absolute Gasteiger partial charge is 0.496 e. The van der Waals surface area contributed by atoms with Crippen molar-refractivity contribution in [2.45, 2.75) is 19.4 Å². The minimum Gasteiger partial charge on any atom is -0.496 e. The van der Waals surface area contributed by atoms with E-state index in [9.17, 15) is 4.39 Å². The van der Waals surface area contributed by atoms with Gasteiger partial charge < -0.3 is 10.1 Å². The molecule has 0 bridgehead atoms. The summed E-state index contributed by atoms with van der Waals surface area (Å²) in [6.45, 7) is 2.62. The maximum absolute atomic E-state index is 13.3. The first kappa shape index (κ1) is 11.1. The van der Waals surface area contributed by atoms with Crippen LogP contribution in [-0.4, -0.2) is 13.7 Å². The molecule has 0 saturated carbocycles. The van der Waals surface area contributed by atoms with Crippen molar-refractivity contribution in [3.05, 3.63) is 47.0 Å². The zero-order valence-corrected chi connectivity index (χ0v) is 9.59. The Balaban J connectivity index is 2.32. The Kier molecular flexibility index (Phi) is 3.25. The van der Waals surface area contributed by atoms with E-state index in [-0.39, 0.29) is 11.9 Å². The molecule has 1 aromatic carbocycles. The third-order valence-corrected chi connectivity index (χ3v) is 2.70. The molecule has 0 spiro atoms. The topological polar surface area (TPSA) is 21.3 Å². The Hall–Kier alpha value is -1.35. The van der Waals surface area contributed by atoms with Crippen LogP contribution >= 0.6 is 0 Å². The number of hydrogen-bond donors (Lipinski definition) is 1. The van der Waals surface area contributed by atoms with Crippen LogP contribution < -0.4 is 5.32 Å². The van der Waals surface area contributed by atoms with E-state index in [1.54, 1.807) is 6.07 Å². The SMILES string of the molecule is CNC(C1=CCCO1)c1cc(C)cc(F)c1. The molecule has 0 fully saturated rings. The van der Waals surface area contributed by atoms with Gasteiger partial charge in [0.1, 0.15) is 11.6 Å². The zero-order chi connectivity index (χ0) is 11.5. The lowest BCUT2D eigenvalue weighted by atomic mass is 10.0. The first-order valence-corrected chi connectivity index (χ1v) is 5.48. The second-order valence-electron chi connectivity index (χ2n) is 4.03. The van der Waals surface area contributed by atoms with Crippen LogP contribution in [0.5, 0.6) is 0 Å². The van der Waals surface area contributed by atoms with Gasteiger partial charge in [0.05, 0.1) is 12.6 Å². The van der Waals surface area contributed by atoms with Crippen LogP contribution in [0.2, 0.25) is 0 Å². The summed E-state index contributed by atoms with van der Waals surface area (Å²) in [6, 6.07) is 5.01. The number of ether oxygens (including phenoxy) is 1. The summed E-state index contributed by atoms with van der Waals surface area (Å²) >= 11 is 0. The standard InChI is InChI=1S/C13H16FNO/c1-9-6-10(8-11(14)7-9)13(15-2)12-4-3-5-16-12/h4,6-8,13,15H,3,5H2,1-2H3. The second-order valence-corrected chi connectivity index (χ2v) is 4.03. The average molecular weight is 221 g/mol. The first-order chi connectivity index (χ1) is 7.70. The third kappa shape index (κ3) is 2.25. The number of benzene rings is 1. The highest BCUT2D eigenvalue weighted by atomic mass is 19.1. The lowest BCUT2D eigenvalue weighted by Gasteiger charge is -2.18. The van der Waals surface area contributed by atoms with Gasteiger partial charge in [0.25, 0.3) is 0 Å². The molecule has 16 heavy (non-hydrogen) atoms. The highest BCUT2D eigenvalue weighted by Crippen LogP contribution is 2.27. The molecule has 2 rings (SSSR count). The number of halogens is 1. The fourth-order valence-electron chi connectivity index (χ4n) is 2.04. The molecule has 0 aliphatic carbocycles. The van der Waals surface area contributed by atoms with E-state index in [1.165, 1.54) is 6.07 Å². The molecule has 0 saturated heterocycles. The van der Waals surface area contributed by atoms with Crippen molar-refractivity contribution in [2.24, 2.45) is 0 Å². The van der Waals surface area contributed by atoms with Gasteiger partial charge in [0.2, 0.25) is 0 Å². The summed E-state index contributed by atoms with van der Waals surface area (Å²) in [4.78, 5) is 0. The van der Waals surface area contributed by atoms with Gasteiger partial charge in [-0.15, -0.1) is 0 Å². The number of rotatable bonds is 3. The summed E-state index contributed by atoms with van der Waals surface area (Å²) in [5.74, 6) is 0.696. The van der Waals surface area contributed by atoms with Gasteiger partial charge in [-0.2, -0.15) is 0 Å². The number of nitrogens with one attached hydrogen (secondary N) is 1. The summed E-state index contributed by atoms with van der Waals surface area (Å²) in [5, 5.41) is 3.15. The highest BCUT2D eigenvalue weighted by molar-refractivity contribution is 5.31. The van der Waals surface area contributed by atoms with Crippen molar-refractivity contribution in [2.75, 3.05) is 13.7 Å². The Labute approximate surface area is 95.1 Å². The molecule has 1 heterocycles. The van der Waals surface area contributed by atoms with Crippen LogP contribution in [0, 0.1) is 12.7 Å². The van der Waals surface area contributed by atoms with E-state index < -0.39 is 0 Å². The van der Waals surface area contributed by atoms with Crippen LogP contribution in [-0.2, 0) is 4.74 Å². The molecular formula is C13H16FNO. The number of likely N-dealkylation sites (N-methyl/N-ethyl adjacent to an activating group) is 1. The Morgan fingerprint density at radius 2 is 2.19 bits per heavy atom. The van der Waals surface area contributed by atoms with Crippen molar-refractivity contribution in [3.63, 3.8) is 0 Å². The molecule has 1 aliphatic heterocycles. The van der Waals surface area contributed by atoms with Crippen molar-refractivity contribution < 1.29 is 9.13 Å². The molecule has 1 aliphatic rings. The van der Waals surface area contributed by atoms with Crippen LogP contribution in [0.25, 0.3) is 0 Å². The fraction of sp³-hybridized carbons (Fsp3) is 0.385. The van der Waals surface area contributed by atoms with Gasteiger partial charge >= 0.3 is 0 Å². The summed E-state index contributed by atoms with van der Waals surface area (Å²) in [6.07, 6.45) is 2.99. The van der Waals surface area contributed by atoms with Gasteiger partial charge in [-0.3, -0.25) is 0 Å². The minimum absolute atomic E-state index is 0.0445. The summed E-state index contributed by atoms with van der Waals surface area (Å²) in [5.41, 5.74) is 1.84. The van der Waals surface area contributed by atoms with E-state index in [4.69, 9.17) is 4.74 Å². The predicted octanol–water partition coefficient (Wildman–Crippen LogP) is 2.70. The molecule has 0 amide bonds. The lowest BCUT2D eigenvalue weighted by Crippen LogP contribution is -2.19. The normalized spacial score (nSPS) is 16.8. The van der Waals surface area contributed by atoms with Gasteiger partial charge in [0, 0.05) is 6.42 Å². The van der Waals surface area contributed by atoms with Crippen LogP contribution in [0.3, 0.4) is 0 Å². The fourth-order valence-corrected chi connectivity index (χ4v) is 2.04. The number of hydrogen-bond acceptors (Lipinski definition) is 2. The maximum Gasteiger partial charge on any atom is 0.123 e.